The number of nitrogens with zero attached hydrogens (tertiary/aromatic N) is 2. The zero-order valence-electron chi connectivity index (χ0n) is 13.9. The molecule has 1 amide bonds. The number of carbonyl (C=O) groups excluding carboxylic acids is 1. The fourth-order valence-corrected chi connectivity index (χ4v) is 3.31. The largest absolute Gasteiger partial charge is 0.399 e. The molecule has 0 bridgehead atoms. The van der Waals surface area contributed by atoms with E-state index in [1.165, 1.54) is 0 Å². The Labute approximate surface area is 156 Å². The van der Waals surface area contributed by atoms with E-state index < -0.39 is 0 Å². The van der Waals surface area contributed by atoms with E-state index in [0.29, 0.717) is 12.5 Å². The van der Waals surface area contributed by atoms with Crippen LogP contribution in [0.1, 0.15) is 18.4 Å². The number of carbonyl (C=O) groups is 1. The van der Waals surface area contributed by atoms with Crippen molar-refractivity contribution in [3.05, 3.63) is 29.8 Å². The maximum atomic E-state index is 12.4. The molecule has 2 fully saturated rings. The summed E-state index contributed by atoms with van der Waals surface area (Å²) in [7, 11) is 0. The molecule has 0 atom stereocenters. The highest BCUT2D eigenvalue weighted by Gasteiger charge is 2.27. The number of rotatable bonds is 3. The SMILES string of the molecule is Cl.Cl.Nc1ccc(CC(=O)N2CCN(C3CCOCC3)CC2)cc1. The van der Waals surface area contributed by atoms with Gasteiger partial charge in [0.15, 0.2) is 0 Å². The van der Waals surface area contributed by atoms with Crippen molar-refractivity contribution < 1.29 is 9.53 Å². The van der Waals surface area contributed by atoms with Gasteiger partial charge in [-0.1, -0.05) is 12.1 Å². The van der Waals surface area contributed by atoms with Crippen molar-refractivity contribution in [1.29, 1.82) is 0 Å². The van der Waals surface area contributed by atoms with Crippen LogP contribution in [0.2, 0.25) is 0 Å². The molecule has 0 spiro atoms. The number of nitrogens with two attached hydrogens (primary N) is 1. The lowest BCUT2D eigenvalue weighted by molar-refractivity contribution is -0.132. The lowest BCUT2D eigenvalue weighted by Gasteiger charge is -2.40. The van der Waals surface area contributed by atoms with Gasteiger partial charge in [-0.05, 0) is 30.5 Å². The monoisotopic (exact) mass is 375 g/mol. The number of ether oxygens (including phenoxy) is 1. The minimum atomic E-state index is 0. The molecule has 2 heterocycles. The highest BCUT2D eigenvalue weighted by Crippen LogP contribution is 2.17. The normalized spacial score (nSPS) is 19.2. The van der Waals surface area contributed by atoms with Crippen molar-refractivity contribution >= 4 is 36.4 Å². The van der Waals surface area contributed by atoms with Crippen LogP contribution in [0.25, 0.3) is 0 Å². The van der Waals surface area contributed by atoms with Gasteiger partial charge in [-0.25, -0.2) is 0 Å². The Morgan fingerprint density at radius 3 is 2.21 bits per heavy atom. The highest BCUT2D eigenvalue weighted by molar-refractivity contribution is 5.85. The van der Waals surface area contributed by atoms with Crippen LogP contribution in [0.15, 0.2) is 24.3 Å². The van der Waals surface area contributed by atoms with E-state index in [1.807, 2.05) is 29.2 Å². The summed E-state index contributed by atoms with van der Waals surface area (Å²) in [4.78, 5) is 16.9. The second kappa shape index (κ2) is 10.1. The van der Waals surface area contributed by atoms with E-state index in [-0.39, 0.29) is 30.7 Å². The molecule has 3 rings (SSSR count). The van der Waals surface area contributed by atoms with E-state index in [0.717, 1.165) is 63.5 Å². The van der Waals surface area contributed by atoms with Crippen molar-refractivity contribution in [2.24, 2.45) is 0 Å². The number of nitrogen functional groups attached to an aromatic ring is 1. The molecule has 0 unspecified atom stereocenters. The summed E-state index contributed by atoms with van der Waals surface area (Å²) in [6, 6.07) is 8.22. The molecular formula is C17H27Cl2N3O2. The first-order valence-electron chi connectivity index (χ1n) is 8.16. The average molecular weight is 376 g/mol. The molecule has 1 aromatic carbocycles. The predicted molar refractivity (Wildman–Crippen MR) is 101 cm³/mol. The first-order chi connectivity index (χ1) is 10.7. The number of piperazine rings is 1. The molecule has 0 aromatic heterocycles. The lowest BCUT2D eigenvalue weighted by Crippen LogP contribution is -2.53. The van der Waals surface area contributed by atoms with Gasteiger partial charge in [-0.15, -0.1) is 24.8 Å². The molecule has 2 N–H and O–H groups in total. The topological polar surface area (TPSA) is 58.8 Å². The minimum Gasteiger partial charge on any atom is -0.399 e. The van der Waals surface area contributed by atoms with Crippen molar-refractivity contribution in [2.75, 3.05) is 45.1 Å². The Balaban J connectivity index is 0.00000144. The summed E-state index contributed by atoms with van der Waals surface area (Å²) in [5.74, 6) is 0.219. The van der Waals surface area contributed by atoms with Gasteiger partial charge in [0.1, 0.15) is 0 Å². The smallest absolute Gasteiger partial charge is 0.227 e. The summed E-state index contributed by atoms with van der Waals surface area (Å²) < 4.78 is 5.42. The number of hydrogen-bond acceptors (Lipinski definition) is 4. The number of anilines is 1. The van der Waals surface area contributed by atoms with Crippen molar-refractivity contribution in [3.63, 3.8) is 0 Å². The van der Waals surface area contributed by atoms with Crippen LogP contribution in [-0.4, -0.2) is 61.1 Å². The van der Waals surface area contributed by atoms with Crippen LogP contribution < -0.4 is 5.73 Å². The van der Waals surface area contributed by atoms with Gasteiger partial charge in [-0.3, -0.25) is 9.69 Å². The number of halogens is 2. The van der Waals surface area contributed by atoms with Gasteiger partial charge >= 0.3 is 0 Å². The Bertz CT molecular complexity index is 499. The summed E-state index contributed by atoms with van der Waals surface area (Å²) in [5, 5.41) is 0. The van der Waals surface area contributed by atoms with Crippen LogP contribution in [0, 0.1) is 0 Å². The van der Waals surface area contributed by atoms with Crippen LogP contribution in [0.3, 0.4) is 0 Å². The zero-order valence-corrected chi connectivity index (χ0v) is 15.5. The molecule has 5 nitrogen and oxygen atoms in total. The molecule has 136 valence electrons. The van der Waals surface area contributed by atoms with Crippen molar-refractivity contribution in [3.8, 4) is 0 Å². The number of benzene rings is 1. The maximum Gasteiger partial charge on any atom is 0.227 e. The van der Waals surface area contributed by atoms with Crippen molar-refractivity contribution in [2.45, 2.75) is 25.3 Å². The summed E-state index contributed by atoms with van der Waals surface area (Å²) in [6.07, 6.45) is 2.72. The van der Waals surface area contributed by atoms with E-state index in [9.17, 15) is 4.79 Å². The lowest BCUT2D eigenvalue weighted by atomic mass is 10.1. The van der Waals surface area contributed by atoms with E-state index in [2.05, 4.69) is 4.90 Å². The maximum absolute atomic E-state index is 12.4. The molecule has 2 aliphatic rings. The van der Waals surface area contributed by atoms with Crippen LogP contribution in [0.5, 0.6) is 0 Å². The molecule has 2 aliphatic heterocycles. The molecule has 0 aliphatic carbocycles. The molecule has 0 saturated carbocycles. The average Bonchev–Trinajstić information content (AvgIpc) is 2.58. The predicted octanol–water partition coefficient (Wildman–Crippen LogP) is 1.98. The van der Waals surface area contributed by atoms with Gasteiger partial charge in [0.25, 0.3) is 0 Å². The fraction of sp³-hybridized carbons (Fsp3) is 0.588. The number of hydrogen-bond donors (Lipinski definition) is 1. The number of amides is 1. The van der Waals surface area contributed by atoms with Crippen molar-refractivity contribution in [1.82, 2.24) is 9.80 Å². The Hall–Kier alpha value is -1.01. The van der Waals surface area contributed by atoms with Gasteiger partial charge in [0.2, 0.25) is 5.91 Å². The molecule has 7 heteroatoms. The fourth-order valence-electron chi connectivity index (χ4n) is 3.31. The van der Waals surface area contributed by atoms with Crippen LogP contribution in [-0.2, 0) is 16.0 Å². The molecule has 2 saturated heterocycles. The molecular weight excluding hydrogens is 349 g/mol. The standard InChI is InChI=1S/C17H25N3O2.2ClH/c18-15-3-1-14(2-4-15)13-17(21)20-9-7-19(8-10-20)16-5-11-22-12-6-16;;/h1-4,16H,5-13,18H2;2*1H. The van der Waals surface area contributed by atoms with Gasteiger partial charge in [0.05, 0.1) is 6.42 Å². The Kier molecular flexibility index (Phi) is 8.84. The van der Waals surface area contributed by atoms with Crippen LogP contribution in [0.4, 0.5) is 5.69 Å². The molecule has 24 heavy (non-hydrogen) atoms. The third-order valence-electron chi connectivity index (χ3n) is 4.71. The Morgan fingerprint density at radius 2 is 1.62 bits per heavy atom. The third kappa shape index (κ3) is 5.52. The first-order valence-corrected chi connectivity index (χ1v) is 8.16. The molecule has 1 aromatic rings. The first kappa shape index (κ1) is 21.0. The van der Waals surface area contributed by atoms with Gasteiger partial charge < -0.3 is 15.4 Å². The van der Waals surface area contributed by atoms with Gasteiger partial charge in [-0.2, -0.15) is 0 Å². The second-order valence-corrected chi connectivity index (χ2v) is 6.18. The van der Waals surface area contributed by atoms with Crippen LogP contribution >= 0.6 is 24.8 Å². The van der Waals surface area contributed by atoms with Gasteiger partial charge in [0, 0.05) is 51.1 Å². The minimum absolute atomic E-state index is 0. The summed E-state index contributed by atoms with van der Waals surface area (Å²) in [6.45, 7) is 5.40. The second-order valence-electron chi connectivity index (χ2n) is 6.18. The zero-order chi connectivity index (χ0) is 15.4. The Morgan fingerprint density at radius 1 is 1.04 bits per heavy atom. The quantitative estimate of drug-likeness (QED) is 0.820. The summed E-state index contributed by atoms with van der Waals surface area (Å²) in [5.41, 5.74) is 7.45. The molecule has 0 radical (unpaired) electrons. The third-order valence-corrected chi connectivity index (χ3v) is 4.71. The van der Waals surface area contributed by atoms with E-state index in [4.69, 9.17) is 10.5 Å². The highest BCUT2D eigenvalue weighted by atomic mass is 35.5. The van der Waals surface area contributed by atoms with E-state index in [1.54, 1.807) is 0 Å². The summed E-state index contributed by atoms with van der Waals surface area (Å²) >= 11 is 0. The van der Waals surface area contributed by atoms with E-state index >= 15 is 0 Å².